The maximum atomic E-state index is 14.3. The fourth-order valence-electron chi connectivity index (χ4n) is 5.58. The number of carbonyl (C=O) groups is 2. The van der Waals surface area contributed by atoms with Crippen molar-refractivity contribution in [1.82, 2.24) is 10.2 Å². The van der Waals surface area contributed by atoms with E-state index in [1.807, 2.05) is 64.1 Å². The first kappa shape index (κ1) is 31.3. The molecule has 1 N–H and O–H groups in total. The summed E-state index contributed by atoms with van der Waals surface area (Å²) in [7, 11) is -4.10. The van der Waals surface area contributed by atoms with Crippen LogP contribution >= 0.6 is 0 Å². The fourth-order valence-corrected chi connectivity index (χ4v) is 7.03. The van der Waals surface area contributed by atoms with Gasteiger partial charge in [0.15, 0.2) is 0 Å². The van der Waals surface area contributed by atoms with Crippen LogP contribution in [0, 0.1) is 13.8 Å². The number of rotatable bonds is 12. The van der Waals surface area contributed by atoms with E-state index in [1.165, 1.54) is 4.31 Å². The van der Waals surface area contributed by atoms with Crippen LogP contribution in [0.15, 0.2) is 77.7 Å². The molecule has 0 aromatic heterocycles. The van der Waals surface area contributed by atoms with Gasteiger partial charge in [0.1, 0.15) is 12.6 Å². The van der Waals surface area contributed by atoms with Crippen LogP contribution in [0.3, 0.4) is 0 Å². The van der Waals surface area contributed by atoms with E-state index in [9.17, 15) is 18.0 Å². The molecule has 0 spiro atoms. The Labute approximate surface area is 251 Å². The number of para-hydroxylation sites is 1. The molecular formula is C34H43N3O4S. The third kappa shape index (κ3) is 7.40. The predicted molar refractivity (Wildman–Crippen MR) is 168 cm³/mol. The second kappa shape index (κ2) is 14.0. The average molecular weight is 590 g/mol. The highest BCUT2D eigenvalue weighted by molar-refractivity contribution is 7.92. The van der Waals surface area contributed by atoms with E-state index in [4.69, 9.17) is 0 Å². The van der Waals surface area contributed by atoms with Crippen LogP contribution in [0.1, 0.15) is 68.2 Å². The third-order valence-electron chi connectivity index (χ3n) is 8.09. The average Bonchev–Trinajstić information content (AvgIpc) is 3.50. The summed E-state index contributed by atoms with van der Waals surface area (Å²) in [5.41, 5.74) is 4.19. The quantitative estimate of drug-likeness (QED) is 0.284. The summed E-state index contributed by atoms with van der Waals surface area (Å²) in [6, 6.07) is 21.2. The van der Waals surface area contributed by atoms with Crippen LogP contribution in [0.4, 0.5) is 5.69 Å². The van der Waals surface area contributed by atoms with Crippen LogP contribution < -0.4 is 9.62 Å². The molecule has 0 unspecified atom stereocenters. The summed E-state index contributed by atoms with van der Waals surface area (Å²) in [5, 5.41) is 3.16. The van der Waals surface area contributed by atoms with Gasteiger partial charge in [0.05, 0.1) is 10.6 Å². The Bertz CT molecular complexity index is 1460. The molecule has 0 saturated heterocycles. The van der Waals surface area contributed by atoms with E-state index in [-0.39, 0.29) is 23.4 Å². The lowest BCUT2D eigenvalue weighted by Gasteiger charge is -2.34. The standard InChI is InChI=1S/C34H43N3O4S/c1-5-28-11-7-10-14-32(28)37(42(40,41)30-21-17-26(4)18-22-30)24-33(38)36(23-27-19-15-25(3)16-20-27)31(6-2)34(39)35-29-12-8-9-13-29/h7,10-11,14-22,29,31H,5-6,8-9,12-13,23-24H2,1-4H3,(H,35,39)/t31-/m1/s1. The van der Waals surface area contributed by atoms with Crippen molar-refractivity contribution in [3.05, 3.63) is 95.1 Å². The molecule has 0 heterocycles. The van der Waals surface area contributed by atoms with Crippen molar-refractivity contribution >= 4 is 27.5 Å². The number of hydrogen-bond acceptors (Lipinski definition) is 4. The molecule has 2 amide bonds. The Morgan fingerprint density at radius 1 is 0.881 bits per heavy atom. The summed E-state index contributed by atoms with van der Waals surface area (Å²) in [5.74, 6) is -0.614. The van der Waals surface area contributed by atoms with Gasteiger partial charge in [0.2, 0.25) is 11.8 Å². The summed E-state index contributed by atoms with van der Waals surface area (Å²) in [4.78, 5) is 29.6. The Balaban J connectivity index is 1.74. The molecule has 0 aliphatic heterocycles. The zero-order valence-corrected chi connectivity index (χ0v) is 26.0. The van der Waals surface area contributed by atoms with Crippen LogP contribution in [-0.4, -0.2) is 43.8 Å². The predicted octanol–water partition coefficient (Wildman–Crippen LogP) is 5.93. The van der Waals surface area contributed by atoms with Gasteiger partial charge >= 0.3 is 0 Å². The highest BCUT2D eigenvalue weighted by Gasteiger charge is 2.35. The third-order valence-corrected chi connectivity index (χ3v) is 9.86. The van der Waals surface area contributed by atoms with E-state index in [0.717, 1.165) is 47.9 Å². The van der Waals surface area contributed by atoms with Crippen molar-refractivity contribution < 1.29 is 18.0 Å². The number of nitrogens with zero attached hydrogens (tertiary/aromatic N) is 2. The first-order valence-corrected chi connectivity index (χ1v) is 16.4. The number of nitrogens with one attached hydrogen (secondary N) is 1. The van der Waals surface area contributed by atoms with Crippen LogP contribution in [0.5, 0.6) is 0 Å². The molecular weight excluding hydrogens is 546 g/mol. The molecule has 1 aliphatic rings. The Morgan fingerprint density at radius 3 is 2.07 bits per heavy atom. The summed E-state index contributed by atoms with van der Waals surface area (Å²) >= 11 is 0. The number of anilines is 1. The largest absolute Gasteiger partial charge is 0.352 e. The van der Waals surface area contributed by atoms with Crippen molar-refractivity contribution in [2.24, 2.45) is 0 Å². The molecule has 1 aliphatic carbocycles. The molecule has 42 heavy (non-hydrogen) atoms. The van der Waals surface area contributed by atoms with E-state index in [0.29, 0.717) is 18.5 Å². The molecule has 1 fully saturated rings. The minimum absolute atomic E-state index is 0.109. The highest BCUT2D eigenvalue weighted by atomic mass is 32.2. The molecule has 0 radical (unpaired) electrons. The minimum atomic E-state index is -4.10. The minimum Gasteiger partial charge on any atom is -0.352 e. The Morgan fingerprint density at radius 2 is 1.48 bits per heavy atom. The van der Waals surface area contributed by atoms with Gasteiger partial charge in [-0.05, 0) is 68.9 Å². The molecule has 8 heteroatoms. The monoisotopic (exact) mass is 589 g/mol. The van der Waals surface area contributed by atoms with Crippen molar-refractivity contribution in [1.29, 1.82) is 0 Å². The number of sulfonamides is 1. The molecule has 4 rings (SSSR count). The zero-order chi connectivity index (χ0) is 30.3. The topological polar surface area (TPSA) is 86.8 Å². The molecule has 7 nitrogen and oxygen atoms in total. The smallest absolute Gasteiger partial charge is 0.264 e. The fraction of sp³-hybridized carbons (Fsp3) is 0.412. The maximum absolute atomic E-state index is 14.3. The summed E-state index contributed by atoms with van der Waals surface area (Å²) in [6.07, 6.45) is 5.03. The Kier molecular flexibility index (Phi) is 10.4. The van der Waals surface area contributed by atoms with Crippen molar-refractivity contribution in [2.75, 3.05) is 10.8 Å². The molecule has 3 aromatic rings. The van der Waals surface area contributed by atoms with Crippen molar-refractivity contribution in [3.8, 4) is 0 Å². The second-order valence-corrected chi connectivity index (χ2v) is 13.1. The number of hydrogen-bond donors (Lipinski definition) is 1. The second-order valence-electron chi connectivity index (χ2n) is 11.2. The lowest BCUT2D eigenvalue weighted by Crippen LogP contribution is -2.53. The van der Waals surface area contributed by atoms with Gasteiger partial charge in [-0.2, -0.15) is 0 Å². The van der Waals surface area contributed by atoms with Gasteiger partial charge in [-0.1, -0.05) is 92.4 Å². The summed E-state index contributed by atoms with van der Waals surface area (Å²) < 4.78 is 29.5. The van der Waals surface area contributed by atoms with E-state index < -0.39 is 28.5 Å². The van der Waals surface area contributed by atoms with Crippen molar-refractivity contribution in [3.63, 3.8) is 0 Å². The summed E-state index contributed by atoms with van der Waals surface area (Å²) in [6.45, 7) is 7.52. The van der Waals surface area contributed by atoms with Gasteiger partial charge in [0, 0.05) is 12.6 Å². The molecule has 3 aromatic carbocycles. The van der Waals surface area contributed by atoms with Gasteiger partial charge in [-0.3, -0.25) is 13.9 Å². The lowest BCUT2D eigenvalue weighted by atomic mass is 10.1. The number of aryl methyl sites for hydroxylation is 3. The SMILES string of the molecule is CCc1ccccc1N(CC(=O)N(Cc1ccc(C)cc1)[C@H](CC)C(=O)NC1CCCC1)S(=O)(=O)c1ccc(C)cc1. The van der Waals surface area contributed by atoms with E-state index in [2.05, 4.69) is 5.32 Å². The van der Waals surface area contributed by atoms with Gasteiger partial charge in [-0.15, -0.1) is 0 Å². The number of amides is 2. The molecule has 1 atom stereocenters. The van der Waals surface area contributed by atoms with Crippen molar-refractivity contribution in [2.45, 2.75) is 89.7 Å². The maximum Gasteiger partial charge on any atom is 0.264 e. The van der Waals surface area contributed by atoms with E-state index >= 15 is 0 Å². The van der Waals surface area contributed by atoms with E-state index in [1.54, 1.807) is 41.3 Å². The van der Waals surface area contributed by atoms with Gasteiger partial charge in [0.25, 0.3) is 10.0 Å². The normalized spacial score (nSPS) is 14.4. The van der Waals surface area contributed by atoms with Gasteiger partial charge in [-0.25, -0.2) is 8.42 Å². The zero-order valence-electron chi connectivity index (χ0n) is 25.2. The first-order chi connectivity index (χ1) is 20.1. The lowest BCUT2D eigenvalue weighted by molar-refractivity contribution is -0.140. The molecule has 224 valence electrons. The molecule has 0 bridgehead atoms. The number of carbonyl (C=O) groups excluding carboxylic acids is 2. The number of benzene rings is 3. The van der Waals surface area contributed by atoms with Crippen LogP contribution in [-0.2, 0) is 32.6 Å². The molecule has 1 saturated carbocycles. The van der Waals surface area contributed by atoms with Crippen LogP contribution in [0.25, 0.3) is 0 Å². The first-order valence-electron chi connectivity index (χ1n) is 15.0. The highest BCUT2D eigenvalue weighted by Crippen LogP contribution is 2.29. The van der Waals surface area contributed by atoms with Crippen LogP contribution in [0.2, 0.25) is 0 Å². The Hall–Kier alpha value is -3.65. The van der Waals surface area contributed by atoms with Gasteiger partial charge < -0.3 is 10.2 Å².